The van der Waals surface area contributed by atoms with Crippen molar-refractivity contribution in [3.63, 3.8) is 0 Å². The number of ketones is 2. The third kappa shape index (κ3) is 5.72. The first-order valence-electron chi connectivity index (χ1n) is 11.3. The number of fused-ring (bicyclic) bond motifs is 2. The molecule has 1 aromatic rings. The Kier molecular flexibility index (Phi) is 7.75. The van der Waals surface area contributed by atoms with Crippen molar-refractivity contribution in [1.29, 1.82) is 0 Å². The second-order valence-corrected chi connectivity index (χ2v) is 8.84. The Balaban J connectivity index is 1.83. The molecule has 1 atom stereocenters. The molecule has 33 heavy (non-hydrogen) atoms. The summed E-state index contributed by atoms with van der Waals surface area (Å²) in [5, 5.41) is 9.95. The Morgan fingerprint density at radius 3 is 2.45 bits per heavy atom. The highest BCUT2D eigenvalue weighted by atomic mass is 16.5. The van der Waals surface area contributed by atoms with E-state index < -0.39 is 6.10 Å². The Labute approximate surface area is 195 Å². The average molecular weight is 449 g/mol. The van der Waals surface area contributed by atoms with Crippen LogP contribution < -0.4 is 4.74 Å². The Morgan fingerprint density at radius 2 is 1.76 bits per heavy atom. The van der Waals surface area contributed by atoms with Gasteiger partial charge in [-0.3, -0.25) is 9.59 Å². The summed E-state index contributed by atoms with van der Waals surface area (Å²) in [6, 6.07) is 4.57. The zero-order chi connectivity index (χ0) is 24.1. The van der Waals surface area contributed by atoms with E-state index in [1.54, 1.807) is 6.07 Å². The smallest absolute Gasteiger partial charge is 0.228 e. The van der Waals surface area contributed by atoms with E-state index in [2.05, 4.69) is 32.9 Å². The minimum atomic E-state index is -0.675. The van der Waals surface area contributed by atoms with Crippen molar-refractivity contribution in [2.75, 3.05) is 7.11 Å². The van der Waals surface area contributed by atoms with Gasteiger partial charge in [0, 0.05) is 17.2 Å². The van der Waals surface area contributed by atoms with E-state index in [1.165, 1.54) is 36.5 Å². The van der Waals surface area contributed by atoms with Gasteiger partial charge in [-0.2, -0.15) is 0 Å². The van der Waals surface area contributed by atoms with Crippen molar-refractivity contribution in [1.82, 2.24) is 0 Å². The summed E-state index contributed by atoms with van der Waals surface area (Å²) in [5.41, 5.74) is 4.70. The molecule has 1 aliphatic heterocycles. The molecule has 5 heteroatoms. The van der Waals surface area contributed by atoms with Crippen molar-refractivity contribution in [2.24, 2.45) is 0 Å². The van der Waals surface area contributed by atoms with Gasteiger partial charge < -0.3 is 14.6 Å². The highest BCUT2D eigenvalue weighted by Crippen LogP contribution is 2.42. The van der Waals surface area contributed by atoms with Gasteiger partial charge in [0.2, 0.25) is 5.78 Å². The van der Waals surface area contributed by atoms with Crippen molar-refractivity contribution in [3.8, 4) is 11.5 Å². The van der Waals surface area contributed by atoms with E-state index >= 15 is 0 Å². The first-order valence-corrected chi connectivity index (χ1v) is 11.3. The number of phenols is 1. The predicted molar refractivity (Wildman–Crippen MR) is 130 cm³/mol. The van der Waals surface area contributed by atoms with E-state index in [0.29, 0.717) is 11.3 Å². The number of benzene rings is 1. The van der Waals surface area contributed by atoms with Gasteiger partial charge in [-0.25, -0.2) is 0 Å². The average Bonchev–Trinajstić information content (AvgIpc) is 2.75. The van der Waals surface area contributed by atoms with Crippen LogP contribution in [0.1, 0.15) is 58.9 Å². The van der Waals surface area contributed by atoms with Crippen LogP contribution in [0.2, 0.25) is 0 Å². The Hall–Kier alpha value is -3.34. The Morgan fingerprint density at radius 1 is 1.06 bits per heavy atom. The molecular formula is C28H32O5. The zero-order valence-electron chi connectivity index (χ0n) is 20.0. The third-order valence-electron chi connectivity index (χ3n) is 5.80. The molecule has 0 spiro atoms. The minimum absolute atomic E-state index is 0.00473. The number of phenolic OH excluding ortho intramolecular Hbond substituents is 1. The summed E-state index contributed by atoms with van der Waals surface area (Å²) in [5.74, 6) is -0.264. The SMILES string of the molecule is COC1=CC(=O)C2=C(C1=O)c1cc(O)ccc1OC2/C=C(\C)CC/C=C(\C)CCC=C(C)C. The predicted octanol–water partition coefficient (Wildman–Crippen LogP) is 6.01. The summed E-state index contributed by atoms with van der Waals surface area (Å²) in [4.78, 5) is 26.0. The second kappa shape index (κ2) is 10.5. The standard InChI is InChI=1S/C28H32O5/c1-17(2)8-6-9-18(3)10-7-11-19(4)14-24-27-22(30)16-25(32-5)28(31)26(27)21-15-20(29)12-13-23(21)33-24/h8,10,12-16,24,29H,6-7,9,11H2,1-5H3/b18-10+,19-14+. The number of methoxy groups -OCH3 is 1. The van der Waals surface area contributed by atoms with Crippen molar-refractivity contribution >= 4 is 17.1 Å². The molecule has 1 heterocycles. The fourth-order valence-corrected chi connectivity index (χ4v) is 4.04. The molecule has 0 saturated heterocycles. The van der Waals surface area contributed by atoms with E-state index in [0.717, 1.165) is 31.3 Å². The topological polar surface area (TPSA) is 72.8 Å². The zero-order valence-corrected chi connectivity index (χ0v) is 20.0. The number of hydrogen-bond acceptors (Lipinski definition) is 5. The maximum Gasteiger partial charge on any atom is 0.228 e. The molecule has 1 aromatic carbocycles. The van der Waals surface area contributed by atoms with Crippen molar-refractivity contribution in [2.45, 2.75) is 59.5 Å². The van der Waals surface area contributed by atoms with Gasteiger partial charge in [0.1, 0.15) is 17.6 Å². The maximum absolute atomic E-state index is 13.0. The lowest BCUT2D eigenvalue weighted by molar-refractivity contribution is -0.117. The van der Waals surface area contributed by atoms with Crippen LogP contribution in [0.25, 0.3) is 5.57 Å². The van der Waals surface area contributed by atoms with Gasteiger partial charge in [-0.15, -0.1) is 0 Å². The van der Waals surface area contributed by atoms with Crippen LogP contribution in [-0.4, -0.2) is 29.9 Å². The molecular weight excluding hydrogens is 416 g/mol. The van der Waals surface area contributed by atoms with Crippen LogP contribution in [-0.2, 0) is 14.3 Å². The summed E-state index contributed by atoms with van der Waals surface area (Å²) >= 11 is 0. The van der Waals surface area contributed by atoms with E-state index in [4.69, 9.17) is 9.47 Å². The van der Waals surface area contributed by atoms with Crippen LogP contribution in [0, 0.1) is 0 Å². The van der Waals surface area contributed by atoms with Gasteiger partial charge in [-0.1, -0.05) is 28.9 Å². The van der Waals surface area contributed by atoms with Crippen LogP contribution in [0.4, 0.5) is 0 Å². The number of Topliss-reactive ketones (excluding diaryl/α,β-unsaturated/α-hetero) is 1. The molecule has 0 radical (unpaired) electrons. The van der Waals surface area contributed by atoms with Gasteiger partial charge >= 0.3 is 0 Å². The largest absolute Gasteiger partial charge is 0.508 e. The van der Waals surface area contributed by atoms with E-state index in [-0.39, 0.29) is 34.2 Å². The molecule has 0 bridgehead atoms. The highest BCUT2D eigenvalue weighted by molar-refractivity contribution is 6.38. The lowest BCUT2D eigenvalue weighted by atomic mass is 9.83. The summed E-state index contributed by atoms with van der Waals surface area (Å²) in [6.45, 7) is 8.38. The number of aromatic hydroxyl groups is 1. The molecule has 0 aromatic heterocycles. The number of hydrogen-bond donors (Lipinski definition) is 1. The number of rotatable bonds is 8. The fraction of sp³-hybridized carbons (Fsp3) is 0.357. The van der Waals surface area contributed by atoms with E-state index in [9.17, 15) is 14.7 Å². The number of allylic oxidation sites excluding steroid dienone is 7. The molecule has 5 nitrogen and oxygen atoms in total. The molecule has 1 N–H and O–H groups in total. The number of carbonyl (C=O) groups is 2. The van der Waals surface area contributed by atoms with Crippen LogP contribution in [0.5, 0.6) is 11.5 Å². The first kappa shape index (κ1) is 24.3. The molecule has 0 saturated carbocycles. The summed E-state index contributed by atoms with van der Waals surface area (Å²) in [7, 11) is 1.36. The lowest BCUT2D eigenvalue weighted by Gasteiger charge is -2.30. The molecule has 0 amide bonds. The fourth-order valence-electron chi connectivity index (χ4n) is 4.04. The molecule has 2 aliphatic rings. The summed E-state index contributed by atoms with van der Waals surface area (Å²) in [6.07, 6.45) is 10.8. The monoisotopic (exact) mass is 448 g/mol. The molecule has 1 unspecified atom stereocenters. The van der Waals surface area contributed by atoms with Crippen molar-refractivity contribution < 1.29 is 24.2 Å². The van der Waals surface area contributed by atoms with Crippen LogP contribution in [0.15, 0.2) is 70.6 Å². The maximum atomic E-state index is 13.0. The second-order valence-electron chi connectivity index (χ2n) is 8.84. The Bertz CT molecular complexity index is 1110. The quantitative estimate of drug-likeness (QED) is 0.390. The molecule has 1 aliphatic carbocycles. The number of carbonyl (C=O) groups excluding carboxylic acids is 2. The van der Waals surface area contributed by atoms with Crippen molar-refractivity contribution in [3.05, 3.63) is 76.1 Å². The lowest BCUT2D eigenvalue weighted by Crippen LogP contribution is -2.33. The normalized spacial score (nSPS) is 18.3. The first-order chi connectivity index (χ1) is 15.7. The van der Waals surface area contributed by atoms with Gasteiger partial charge in [-0.05, 0) is 77.7 Å². The van der Waals surface area contributed by atoms with Gasteiger partial charge in [0.05, 0.1) is 12.7 Å². The van der Waals surface area contributed by atoms with Gasteiger partial charge in [0.15, 0.2) is 11.5 Å². The third-order valence-corrected chi connectivity index (χ3v) is 5.80. The molecule has 174 valence electrons. The molecule has 0 fully saturated rings. The molecule has 3 rings (SSSR count). The number of ether oxygens (including phenoxy) is 2. The van der Waals surface area contributed by atoms with E-state index in [1.807, 2.05) is 13.0 Å². The van der Waals surface area contributed by atoms with Crippen LogP contribution in [0.3, 0.4) is 0 Å². The summed E-state index contributed by atoms with van der Waals surface area (Å²) < 4.78 is 11.2. The minimum Gasteiger partial charge on any atom is -0.508 e. The van der Waals surface area contributed by atoms with Crippen LogP contribution >= 0.6 is 0 Å². The van der Waals surface area contributed by atoms with Gasteiger partial charge in [0.25, 0.3) is 0 Å². The highest BCUT2D eigenvalue weighted by Gasteiger charge is 2.39.